The third-order valence-corrected chi connectivity index (χ3v) is 5.81. The number of hydrogen-bond acceptors (Lipinski definition) is 8. The molecule has 8 heteroatoms. The summed E-state index contributed by atoms with van der Waals surface area (Å²) in [4.78, 5) is 8.70. The minimum atomic E-state index is 0.661. The summed E-state index contributed by atoms with van der Waals surface area (Å²) in [6, 6.07) is 9.76. The highest BCUT2D eigenvalue weighted by Gasteiger charge is 2.12. The van der Waals surface area contributed by atoms with Crippen molar-refractivity contribution in [1.82, 2.24) is 9.97 Å². The predicted molar refractivity (Wildman–Crippen MR) is 99.5 cm³/mol. The van der Waals surface area contributed by atoms with Crippen LogP contribution < -0.4 is 9.19 Å². The molecule has 0 unspecified atom stereocenters. The minimum absolute atomic E-state index is 0.661. The molecule has 23 heavy (non-hydrogen) atoms. The van der Waals surface area contributed by atoms with E-state index in [1.807, 2.05) is 42.8 Å². The molecule has 4 aromatic rings. The summed E-state index contributed by atoms with van der Waals surface area (Å²) in [6.45, 7) is 2.04. The summed E-state index contributed by atoms with van der Waals surface area (Å²) < 4.78 is 6.43. The molecule has 0 aliphatic carbocycles. The van der Waals surface area contributed by atoms with Crippen LogP contribution in [0.5, 0.6) is 0 Å². The van der Waals surface area contributed by atoms with Crippen LogP contribution in [-0.2, 0) is 0 Å². The van der Waals surface area contributed by atoms with Crippen LogP contribution in [0.4, 0.5) is 11.4 Å². The van der Waals surface area contributed by atoms with Crippen molar-refractivity contribution in [2.24, 2.45) is 0 Å². The monoisotopic (exact) mass is 360 g/mol. The van der Waals surface area contributed by atoms with Crippen molar-refractivity contribution in [2.75, 3.05) is 9.19 Å². The summed E-state index contributed by atoms with van der Waals surface area (Å²) in [7, 11) is 0. The van der Waals surface area contributed by atoms with Crippen molar-refractivity contribution < 1.29 is 5.21 Å². The zero-order valence-electron chi connectivity index (χ0n) is 12.1. The van der Waals surface area contributed by atoms with Gasteiger partial charge in [0.2, 0.25) is 0 Å². The Labute approximate surface area is 144 Å². The quantitative estimate of drug-likeness (QED) is 0.391. The van der Waals surface area contributed by atoms with Gasteiger partial charge in [0.25, 0.3) is 0 Å². The number of para-hydroxylation sites is 1. The fourth-order valence-electron chi connectivity index (χ4n) is 2.33. The maximum absolute atomic E-state index is 10.4. The number of rotatable bonds is 4. The van der Waals surface area contributed by atoms with Crippen molar-refractivity contribution in [3.8, 4) is 0 Å². The number of aryl methyl sites for hydroxylation is 1. The van der Waals surface area contributed by atoms with Gasteiger partial charge in [0.05, 0.1) is 43.8 Å². The molecule has 0 aliphatic heterocycles. The lowest BCUT2D eigenvalue weighted by molar-refractivity contribution is 0.333. The molecule has 5 nitrogen and oxygen atoms in total. The SMILES string of the molecule is Cc1ccc(NSN(O)c2cccc3scnc23)c2scnc12. The van der Waals surface area contributed by atoms with Crippen LogP contribution in [0.3, 0.4) is 0 Å². The first-order chi connectivity index (χ1) is 11.2. The van der Waals surface area contributed by atoms with E-state index in [9.17, 15) is 5.21 Å². The molecule has 116 valence electrons. The van der Waals surface area contributed by atoms with Crippen molar-refractivity contribution >= 4 is 66.6 Å². The van der Waals surface area contributed by atoms with Gasteiger partial charge in [-0.1, -0.05) is 12.1 Å². The van der Waals surface area contributed by atoms with Gasteiger partial charge in [-0.05, 0) is 30.7 Å². The summed E-state index contributed by atoms with van der Waals surface area (Å²) in [5.74, 6) is 0. The molecule has 2 aromatic carbocycles. The van der Waals surface area contributed by atoms with Gasteiger partial charge in [0.15, 0.2) is 0 Å². The normalized spacial score (nSPS) is 11.2. The average Bonchev–Trinajstić information content (AvgIpc) is 3.23. The van der Waals surface area contributed by atoms with Gasteiger partial charge >= 0.3 is 0 Å². The van der Waals surface area contributed by atoms with Crippen LogP contribution in [0.25, 0.3) is 20.4 Å². The first-order valence-corrected chi connectivity index (χ1v) is 9.34. The zero-order valence-corrected chi connectivity index (χ0v) is 14.5. The fraction of sp³-hybridized carbons (Fsp3) is 0.0667. The van der Waals surface area contributed by atoms with Gasteiger partial charge < -0.3 is 4.72 Å². The van der Waals surface area contributed by atoms with E-state index < -0.39 is 0 Å². The molecule has 0 radical (unpaired) electrons. The topological polar surface area (TPSA) is 61.3 Å². The Hall–Kier alpha value is -1.87. The lowest BCUT2D eigenvalue weighted by Gasteiger charge is -2.16. The smallest absolute Gasteiger partial charge is 0.108 e. The van der Waals surface area contributed by atoms with Gasteiger partial charge in [-0.2, -0.15) is 4.47 Å². The van der Waals surface area contributed by atoms with Crippen LogP contribution in [0.1, 0.15) is 5.56 Å². The molecule has 2 N–H and O–H groups in total. The number of fused-ring (bicyclic) bond motifs is 2. The molecular formula is C15H12N4OS3. The van der Waals surface area contributed by atoms with E-state index in [0.29, 0.717) is 5.69 Å². The molecule has 0 saturated carbocycles. The molecule has 0 spiro atoms. The summed E-state index contributed by atoms with van der Waals surface area (Å²) in [5.41, 5.74) is 8.13. The third-order valence-electron chi connectivity index (χ3n) is 3.47. The van der Waals surface area contributed by atoms with Gasteiger partial charge in [0.1, 0.15) is 11.2 Å². The second-order valence-electron chi connectivity index (χ2n) is 4.90. The second kappa shape index (κ2) is 5.97. The number of aromatic nitrogens is 2. The number of benzene rings is 2. The van der Waals surface area contributed by atoms with E-state index in [1.54, 1.807) is 28.2 Å². The number of nitrogens with one attached hydrogen (secondary N) is 1. The molecule has 0 fully saturated rings. The van der Waals surface area contributed by atoms with Crippen LogP contribution in [0.2, 0.25) is 0 Å². The van der Waals surface area contributed by atoms with Crippen LogP contribution in [0.15, 0.2) is 41.4 Å². The largest absolute Gasteiger partial charge is 0.309 e. The van der Waals surface area contributed by atoms with E-state index in [4.69, 9.17) is 0 Å². The number of nitrogens with zero attached hydrogens (tertiary/aromatic N) is 3. The van der Waals surface area contributed by atoms with E-state index in [-0.39, 0.29) is 0 Å². The minimum Gasteiger partial charge on any atom is -0.309 e. The van der Waals surface area contributed by atoms with Crippen molar-refractivity contribution in [2.45, 2.75) is 6.92 Å². The molecular weight excluding hydrogens is 348 g/mol. The molecule has 0 amide bonds. The Bertz CT molecular complexity index is 981. The van der Waals surface area contributed by atoms with E-state index in [2.05, 4.69) is 14.7 Å². The van der Waals surface area contributed by atoms with Crippen LogP contribution in [-0.4, -0.2) is 15.2 Å². The first-order valence-electron chi connectivity index (χ1n) is 6.81. The Balaban J connectivity index is 1.59. The van der Waals surface area contributed by atoms with E-state index >= 15 is 0 Å². The van der Waals surface area contributed by atoms with Crippen LogP contribution in [0, 0.1) is 6.92 Å². The van der Waals surface area contributed by atoms with Gasteiger partial charge in [-0.3, -0.25) is 5.21 Å². The molecule has 0 aliphatic rings. The number of thiazole rings is 2. The second-order valence-corrected chi connectivity index (χ2v) is 7.38. The molecule has 0 bridgehead atoms. The summed E-state index contributed by atoms with van der Waals surface area (Å²) in [5, 5.41) is 10.4. The van der Waals surface area contributed by atoms with Gasteiger partial charge in [-0.25, -0.2) is 9.97 Å². The van der Waals surface area contributed by atoms with Crippen molar-refractivity contribution in [3.63, 3.8) is 0 Å². The van der Waals surface area contributed by atoms with Crippen LogP contribution >= 0.6 is 34.8 Å². The third kappa shape index (κ3) is 2.63. The number of anilines is 2. The summed E-state index contributed by atoms with van der Waals surface area (Å²) in [6.07, 6.45) is 0. The Morgan fingerprint density at radius 2 is 1.91 bits per heavy atom. The van der Waals surface area contributed by atoms with Gasteiger partial charge in [0, 0.05) is 0 Å². The zero-order chi connectivity index (χ0) is 15.8. The Kier molecular flexibility index (Phi) is 3.82. The Morgan fingerprint density at radius 1 is 1.09 bits per heavy atom. The maximum Gasteiger partial charge on any atom is 0.108 e. The van der Waals surface area contributed by atoms with Crippen molar-refractivity contribution in [3.05, 3.63) is 46.9 Å². The van der Waals surface area contributed by atoms with Gasteiger partial charge in [-0.15, -0.1) is 22.7 Å². The predicted octanol–water partition coefficient (Wildman–Crippen LogP) is 5.09. The Morgan fingerprint density at radius 3 is 2.83 bits per heavy atom. The van der Waals surface area contributed by atoms with E-state index in [0.717, 1.165) is 48.3 Å². The first kappa shape index (κ1) is 14.7. The lowest BCUT2D eigenvalue weighted by atomic mass is 10.2. The highest BCUT2D eigenvalue weighted by Crippen LogP contribution is 2.34. The van der Waals surface area contributed by atoms with E-state index in [1.165, 1.54) is 0 Å². The lowest BCUT2D eigenvalue weighted by Crippen LogP contribution is -2.11. The van der Waals surface area contributed by atoms with Crippen molar-refractivity contribution in [1.29, 1.82) is 0 Å². The highest BCUT2D eigenvalue weighted by molar-refractivity contribution is 8.01. The molecule has 0 saturated heterocycles. The fourth-order valence-corrected chi connectivity index (χ4v) is 4.53. The maximum atomic E-state index is 10.4. The standard InChI is InChI=1S/C15H12N4OS3/c1-9-5-6-10(15-13(9)16-8-22-15)18-23-19(20)11-3-2-4-12-14(11)17-7-21-12/h2-8,18,20H,1H3. The average molecular weight is 360 g/mol. The molecule has 2 heterocycles. The molecule has 2 aromatic heterocycles. The number of hydrogen-bond donors (Lipinski definition) is 2. The molecule has 0 atom stereocenters. The summed E-state index contributed by atoms with van der Waals surface area (Å²) >= 11 is 4.24. The molecule has 4 rings (SSSR count). The highest BCUT2D eigenvalue weighted by atomic mass is 32.2.